The molecule has 110 valence electrons. The van der Waals surface area contributed by atoms with Crippen LogP contribution in [0.4, 0.5) is 0 Å². The van der Waals surface area contributed by atoms with Gasteiger partial charge in [0.15, 0.2) is 0 Å². The van der Waals surface area contributed by atoms with Crippen molar-refractivity contribution < 1.29 is 4.74 Å². The van der Waals surface area contributed by atoms with Crippen LogP contribution < -0.4 is 0 Å². The molecule has 2 aromatic carbocycles. The summed E-state index contributed by atoms with van der Waals surface area (Å²) in [6, 6.07) is 16.8. The molecule has 0 radical (unpaired) electrons. The van der Waals surface area contributed by atoms with Crippen LogP contribution in [0.1, 0.15) is 19.4 Å². The zero-order valence-electron chi connectivity index (χ0n) is 12.8. The SMILES string of the molecule is CC(C)[C@H]1COC(c2cccc3cc4ccccc4nc23)=N1. The van der Waals surface area contributed by atoms with Crippen molar-refractivity contribution in [3.63, 3.8) is 0 Å². The molecule has 3 nitrogen and oxygen atoms in total. The molecule has 0 N–H and O–H groups in total. The van der Waals surface area contributed by atoms with Gasteiger partial charge in [0.05, 0.1) is 22.6 Å². The molecule has 0 saturated heterocycles. The Morgan fingerprint density at radius 2 is 1.86 bits per heavy atom. The van der Waals surface area contributed by atoms with Gasteiger partial charge in [-0.05, 0) is 24.1 Å². The first kappa shape index (κ1) is 13.3. The maximum atomic E-state index is 5.84. The summed E-state index contributed by atoms with van der Waals surface area (Å²) < 4.78 is 5.84. The van der Waals surface area contributed by atoms with Gasteiger partial charge < -0.3 is 4.74 Å². The van der Waals surface area contributed by atoms with Crippen LogP contribution in [0.15, 0.2) is 53.5 Å². The normalized spacial score (nSPS) is 18.0. The van der Waals surface area contributed by atoms with Crippen LogP contribution in [-0.4, -0.2) is 23.5 Å². The number of para-hydroxylation sites is 2. The molecule has 1 atom stereocenters. The lowest BCUT2D eigenvalue weighted by Crippen LogP contribution is -2.13. The second-order valence-electron chi connectivity index (χ2n) is 6.11. The summed E-state index contributed by atoms with van der Waals surface area (Å²) >= 11 is 0. The molecule has 0 amide bonds. The Kier molecular flexibility index (Phi) is 3.07. The predicted molar refractivity (Wildman–Crippen MR) is 90.4 cm³/mol. The highest BCUT2D eigenvalue weighted by Crippen LogP contribution is 2.25. The third-order valence-corrected chi connectivity index (χ3v) is 4.22. The zero-order valence-corrected chi connectivity index (χ0v) is 12.8. The Hall–Kier alpha value is -2.42. The van der Waals surface area contributed by atoms with Gasteiger partial charge >= 0.3 is 0 Å². The first-order valence-corrected chi connectivity index (χ1v) is 7.72. The minimum absolute atomic E-state index is 0.241. The van der Waals surface area contributed by atoms with Gasteiger partial charge in [0.25, 0.3) is 0 Å². The number of rotatable bonds is 2. The van der Waals surface area contributed by atoms with Crippen LogP contribution in [0.5, 0.6) is 0 Å². The summed E-state index contributed by atoms with van der Waals surface area (Å²) in [7, 11) is 0. The Labute approximate surface area is 129 Å². The van der Waals surface area contributed by atoms with E-state index >= 15 is 0 Å². The summed E-state index contributed by atoms with van der Waals surface area (Å²) in [5.74, 6) is 1.22. The van der Waals surface area contributed by atoms with Crippen molar-refractivity contribution in [3.8, 4) is 0 Å². The molecule has 4 rings (SSSR count). The second kappa shape index (κ2) is 5.09. The van der Waals surface area contributed by atoms with Crippen molar-refractivity contribution in [1.29, 1.82) is 0 Å². The topological polar surface area (TPSA) is 34.5 Å². The molecule has 3 heteroatoms. The van der Waals surface area contributed by atoms with Crippen molar-refractivity contribution in [1.82, 2.24) is 4.98 Å². The number of aliphatic imine (C=N–C) groups is 1. The van der Waals surface area contributed by atoms with Crippen molar-refractivity contribution in [3.05, 3.63) is 54.1 Å². The van der Waals surface area contributed by atoms with E-state index in [4.69, 9.17) is 14.7 Å². The van der Waals surface area contributed by atoms with Crippen molar-refractivity contribution in [2.45, 2.75) is 19.9 Å². The third-order valence-electron chi connectivity index (χ3n) is 4.22. The first-order chi connectivity index (χ1) is 10.7. The van der Waals surface area contributed by atoms with E-state index in [1.807, 2.05) is 30.3 Å². The van der Waals surface area contributed by atoms with Gasteiger partial charge in [-0.15, -0.1) is 0 Å². The van der Waals surface area contributed by atoms with Gasteiger partial charge in [-0.2, -0.15) is 0 Å². The lowest BCUT2D eigenvalue weighted by atomic mass is 10.1. The fraction of sp³-hybridized carbons (Fsp3) is 0.263. The maximum absolute atomic E-state index is 5.84. The highest BCUT2D eigenvalue weighted by molar-refractivity contribution is 6.08. The Balaban J connectivity index is 1.91. The van der Waals surface area contributed by atoms with E-state index in [2.05, 4.69) is 32.0 Å². The van der Waals surface area contributed by atoms with Crippen LogP contribution in [0.25, 0.3) is 21.8 Å². The van der Waals surface area contributed by atoms with Gasteiger partial charge in [-0.25, -0.2) is 9.98 Å². The van der Waals surface area contributed by atoms with Crippen molar-refractivity contribution in [2.75, 3.05) is 6.61 Å². The van der Waals surface area contributed by atoms with Crippen molar-refractivity contribution >= 4 is 27.7 Å². The fourth-order valence-corrected chi connectivity index (χ4v) is 2.85. The molecule has 0 saturated carbocycles. The number of fused-ring (bicyclic) bond motifs is 2. The minimum Gasteiger partial charge on any atom is -0.475 e. The van der Waals surface area contributed by atoms with Crippen LogP contribution in [-0.2, 0) is 4.74 Å². The van der Waals surface area contributed by atoms with Gasteiger partial charge in [0.2, 0.25) is 5.90 Å². The second-order valence-corrected chi connectivity index (χ2v) is 6.11. The summed E-state index contributed by atoms with van der Waals surface area (Å²) in [6.07, 6.45) is 0. The first-order valence-electron chi connectivity index (χ1n) is 7.72. The summed E-state index contributed by atoms with van der Waals surface area (Å²) in [5, 5.41) is 2.27. The van der Waals surface area contributed by atoms with Crippen molar-refractivity contribution in [2.24, 2.45) is 10.9 Å². The lowest BCUT2D eigenvalue weighted by molar-refractivity contribution is 0.292. The molecular formula is C19H18N2O. The average molecular weight is 290 g/mol. The van der Waals surface area contributed by atoms with E-state index in [1.165, 1.54) is 0 Å². The highest BCUT2D eigenvalue weighted by Gasteiger charge is 2.24. The zero-order chi connectivity index (χ0) is 15.1. The Bertz CT molecular complexity index is 883. The van der Waals surface area contributed by atoms with Crippen LogP contribution in [0, 0.1) is 5.92 Å². The minimum atomic E-state index is 0.241. The molecule has 22 heavy (non-hydrogen) atoms. The predicted octanol–water partition coefficient (Wildman–Crippen LogP) is 4.19. The molecule has 1 aromatic heterocycles. The maximum Gasteiger partial charge on any atom is 0.218 e. The van der Waals surface area contributed by atoms with Gasteiger partial charge in [-0.1, -0.05) is 44.2 Å². The quantitative estimate of drug-likeness (QED) is 0.663. The van der Waals surface area contributed by atoms with E-state index in [0.717, 1.165) is 33.3 Å². The van der Waals surface area contributed by atoms with E-state index in [9.17, 15) is 0 Å². The Morgan fingerprint density at radius 3 is 2.68 bits per heavy atom. The van der Waals surface area contributed by atoms with E-state index < -0.39 is 0 Å². The summed E-state index contributed by atoms with van der Waals surface area (Å²) in [6.45, 7) is 5.02. The molecule has 0 spiro atoms. The summed E-state index contributed by atoms with van der Waals surface area (Å²) in [5.41, 5.74) is 2.96. The lowest BCUT2D eigenvalue weighted by Gasteiger charge is -2.07. The number of benzene rings is 2. The van der Waals surface area contributed by atoms with Gasteiger partial charge in [0, 0.05) is 10.8 Å². The van der Waals surface area contributed by atoms with Crippen LogP contribution in [0.2, 0.25) is 0 Å². The number of hydrogen-bond donors (Lipinski definition) is 0. The molecule has 3 aromatic rings. The largest absolute Gasteiger partial charge is 0.475 e. The molecule has 0 aliphatic carbocycles. The molecule has 1 aliphatic rings. The van der Waals surface area contributed by atoms with Crippen LogP contribution >= 0.6 is 0 Å². The molecule has 2 heterocycles. The monoisotopic (exact) mass is 290 g/mol. The van der Waals surface area contributed by atoms with Gasteiger partial charge in [0.1, 0.15) is 6.61 Å². The molecule has 1 aliphatic heterocycles. The smallest absolute Gasteiger partial charge is 0.218 e. The number of hydrogen-bond acceptors (Lipinski definition) is 3. The van der Waals surface area contributed by atoms with Crippen LogP contribution in [0.3, 0.4) is 0 Å². The van der Waals surface area contributed by atoms with Gasteiger partial charge in [-0.3, -0.25) is 0 Å². The number of nitrogens with zero attached hydrogens (tertiary/aromatic N) is 2. The molecule has 0 fully saturated rings. The van der Waals surface area contributed by atoms with E-state index in [0.29, 0.717) is 12.5 Å². The molecule has 0 bridgehead atoms. The third kappa shape index (κ3) is 2.13. The highest BCUT2D eigenvalue weighted by atomic mass is 16.5. The number of pyridine rings is 1. The van der Waals surface area contributed by atoms with E-state index in [1.54, 1.807) is 0 Å². The van der Waals surface area contributed by atoms with E-state index in [-0.39, 0.29) is 6.04 Å². The summed E-state index contributed by atoms with van der Waals surface area (Å²) in [4.78, 5) is 9.57. The molecule has 0 unspecified atom stereocenters. The molecular weight excluding hydrogens is 272 g/mol. The fourth-order valence-electron chi connectivity index (χ4n) is 2.85. The Morgan fingerprint density at radius 1 is 1.05 bits per heavy atom. The average Bonchev–Trinajstić information content (AvgIpc) is 3.02. The number of ether oxygens (including phenoxy) is 1. The number of aromatic nitrogens is 1. The standard InChI is InChI=1S/C19H18N2O/c1-12(2)17-11-22-19(21-17)15-8-5-7-14-10-13-6-3-4-9-16(13)20-18(14)15/h3-10,12,17H,11H2,1-2H3/t17-/m1/s1.